The summed E-state index contributed by atoms with van der Waals surface area (Å²) in [6.45, 7) is 0. The van der Waals surface area contributed by atoms with E-state index >= 15 is 0 Å². The molecule has 23 heavy (non-hydrogen) atoms. The molecule has 0 aromatic heterocycles. The second kappa shape index (κ2) is 10.8. The summed E-state index contributed by atoms with van der Waals surface area (Å²) in [5, 5.41) is 5.01. The van der Waals surface area contributed by atoms with Crippen LogP contribution in [0.25, 0.3) is 21.5 Å². The Morgan fingerprint density at radius 3 is 2.35 bits per heavy atom. The minimum Gasteiger partial charge on any atom is -1.00 e. The van der Waals surface area contributed by atoms with Gasteiger partial charge in [-0.3, -0.25) is 6.08 Å². The third-order valence-electron chi connectivity index (χ3n) is 3.41. The molecule has 4 heteroatoms. The third kappa shape index (κ3) is 5.01. The van der Waals surface area contributed by atoms with Crippen molar-refractivity contribution in [2.24, 2.45) is 0 Å². The normalized spacial score (nSPS) is 11.0. The standard InChI is InChI=1S/C14H11O.C5H5.2ClH.Zr/c1-15-13-8-4-6-11-9-10-5-2-3-7-12(10)14(11)13;1-2-4-5-3-1;;;/h2-9H,1H3;1-3H,4H2;2*1H;/q2*-1;;;+4/p-2. The van der Waals surface area contributed by atoms with Crippen LogP contribution >= 0.6 is 0 Å². The van der Waals surface area contributed by atoms with Crippen molar-refractivity contribution in [3.8, 4) is 5.75 Å². The van der Waals surface area contributed by atoms with E-state index in [0.717, 1.165) is 12.2 Å². The number of ether oxygens (including phenoxy) is 1. The van der Waals surface area contributed by atoms with Crippen LogP contribution in [0.1, 0.15) is 6.42 Å². The fourth-order valence-electron chi connectivity index (χ4n) is 2.48. The Hall–Kier alpha value is -0.947. The maximum atomic E-state index is 5.39. The van der Waals surface area contributed by atoms with E-state index < -0.39 is 0 Å². The first-order valence-corrected chi connectivity index (χ1v) is 6.73. The molecule has 3 aromatic rings. The Morgan fingerprint density at radius 1 is 1.00 bits per heavy atom. The first kappa shape index (κ1) is 22.1. The van der Waals surface area contributed by atoms with Gasteiger partial charge in [0.05, 0.1) is 12.9 Å². The number of benzene rings is 2. The molecular formula is C19H16Cl2OZr. The van der Waals surface area contributed by atoms with Crippen LogP contribution in [0.15, 0.2) is 66.8 Å². The zero-order valence-electron chi connectivity index (χ0n) is 12.7. The van der Waals surface area contributed by atoms with Crippen molar-refractivity contribution >= 4 is 21.5 Å². The van der Waals surface area contributed by atoms with Gasteiger partial charge < -0.3 is 29.6 Å². The Kier molecular flexibility index (Phi) is 10.3. The van der Waals surface area contributed by atoms with Gasteiger partial charge in [0.2, 0.25) is 0 Å². The van der Waals surface area contributed by atoms with Gasteiger partial charge in [0.25, 0.3) is 0 Å². The van der Waals surface area contributed by atoms with Gasteiger partial charge in [0.15, 0.2) is 0 Å². The van der Waals surface area contributed by atoms with Crippen LogP contribution in [0, 0.1) is 6.08 Å². The maximum absolute atomic E-state index is 5.39. The fraction of sp³-hybridized carbons (Fsp3) is 0.105. The van der Waals surface area contributed by atoms with Crippen molar-refractivity contribution in [2.75, 3.05) is 7.11 Å². The summed E-state index contributed by atoms with van der Waals surface area (Å²) in [4.78, 5) is 0. The van der Waals surface area contributed by atoms with Crippen molar-refractivity contribution in [1.29, 1.82) is 0 Å². The molecule has 1 aliphatic carbocycles. The monoisotopic (exact) mass is 420 g/mol. The summed E-state index contributed by atoms with van der Waals surface area (Å²) in [7, 11) is 1.72. The molecule has 0 amide bonds. The quantitative estimate of drug-likeness (QED) is 0.459. The van der Waals surface area contributed by atoms with E-state index in [1.165, 1.54) is 21.5 Å². The van der Waals surface area contributed by atoms with E-state index in [4.69, 9.17) is 4.74 Å². The summed E-state index contributed by atoms with van der Waals surface area (Å²) in [5.74, 6) is 0.952. The maximum Gasteiger partial charge on any atom is 4.00 e. The average Bonchev–Trinajstić information content (AvgIpc) is 3.17. The molecule has 0 atom stereocenters. The van der Waals surface area contributed by atoms with E-state index in [1.807, 2.05) is 24.3 Å². The number of hydrogen-bond acceptors (Lipinski definition) is 1. The first-order chi connectivity index (χ1) is 9.90. The summed E-state index contributed by atoms with van der Waals surface area (Å²) >= 11 is 0. The number of halogens is 2. The molecule has 1 nitrogen and oxygen atoms in total. The van der Waals surface area contributed by atoms with E-state index in [2.05, 4.69) is 48.6 Å². The second-order valence-electron chi connectivity index (χ2n) is 4.66. The predicted octanol–water partition coefficient (Wildman–Crippen LogP) is -0.968. The topological polar surface area (TPSA) is 9.23 Å². The van der Waals surface area contributed by atoms with E-state index in [0.29, 0.717) is 0 Å². The predicted molar refractivity (Wildman–Crippen MR) is 85.2 cm³/mol. The zero-order valence-corrected chi connectivity index (χ0v) is 16.7. The van der Waals surface area contributed by atoms with Gasteiger partial charge in [-0.25, -0.2) is 12.2 Å². The molecule has 0 radical (unpaired) electrons. The SMILES string of the molecule is COc1cccc2[cH-]c3ccccc3c12.[C-]1=CC=CC1.[Cl-].[Cl-].[Zr+4]. The number of rotatable bonds is 1. The van der Waals surface area contributed by atoms with E-state index in [-0.39, 0.29) is 51.0 Å². The van der Waals surface area contributed by atoms with Crippen molar-refractivity contribution in [3.05, 3.63) is 72.8 Å². The Labute approximate surface area is 168 Å². The largest absolute Gasteiger partial charge is 4.00 e. The molecule has 0 N–H and O–H groups in total. The third-order valence-corrected chi connectivity index (χ3v) is 3.41. The Balaban J connectivity index is 0.000000529. The van der Waals surface area contributed by atoms with Crippen molar-refractivity contribution in [1.82, 2.24) is 0 Å². The zero-order chi connectivity index (χ0) is 13.8. The molecule has 0 saturated heterocycles. The minimum absolute atomic E-state index is 0. The van der Waals surface area contributed by atoms with Gasteiger partial charge >= 0.3 is 26.2 Å². The number of hydrogen-bond donors (Lipinski definition) is 0. The van der Waals surface area contributed by atoms with E-state index in [1.54, 1.807) is 7.11 Å². The van der Waals surface area contributed by atoms with Crippen molar-refractivity contribution in [3.63, 3.8) is 0 Å². The van der Waals surface area contributed by atoms with Crippen LogP contribution in [0.2, 0.25) is 0 Å². The number of fused-ring (bicyclic) bond motifs is 3. The number of allylic oxidation sites excluding steroid dienone is 4. The summed E-state index contributed by atoms with van der Waals surface area (Å²) < 4.78 is 5.39. The Bertz CT molecular complexity index is 780. The molecule has 0 fully saturated rings. The van der Waals surface area contributed by atoms with Gasteiger partial charge in [0.1, 0.15) is 0 Å². The molecule has 3 aromatic carbocycles. The molecule has 0 bridgehead atoms. The van der Waals surface area contributed by atoms with Gasteiger partial charge in [-0.15, -0.1) is 40.8 Å². The first-order valence-electron chi connectivity index (χ1n) is 6.73. The van der Waals surface area contributed by atoms with Crippen LogP contribution in [0.3, 0.4) is 0 Å². The van der Waals surface area contributed by atoms with Crippen molar-refractivity contribution in [2.45, 2.75) is 6.42 Å². The van der Waals surface area contributed by atoms with Gasteiger partial charge in [-0.1, -0.05) is 29.7 Å². The smallest absolute Gasteiger partial charge is 1.00 e. The summed E-state index contributed by atoms with van der Waals surface area (Å²) in [6, 6.07) is 16.8. The molecule has 4 rings (SSSR count). The molecule has 1 aliphatic rings. The minimum atomic E-state index is 0. The van der Waals surface area contributed by atoms with Crippen LogP contribution in [0.4, 0.5) is 0 Å². The Morgan fingerprint density at radius 2 is 1.74 bits per heavy atom. The van der Waals surface area contributed by atoms with E-state index in [9.17, 15) is 0 Å². The molecule has 0 saturated carbocycles. The molecule has 0 aliphatic heterocycles. The van der Waals surface area contributed by atoms with Crippen LogP contribution in [-0.4, -0.2) is 7.11 Å². The summed E-state index contributed by atoms with van der Waals surface area (Å²) in [5.41, 5.74) is 0. The molecular weight excluding hydrogens is 406 g/mol. The molecule has 0 heterocycles. The molecule has 116 valence electrons. The van der Waals surface area contributed by atoms with Crippen LogP contribution in [0.5, 0.6) is 5.75 Å². The number of methoxy groups -OCH3 is 1. The fourth-order valence-corrected chi connectivity index (χ4v) is 2.48. The van der Waals surface area contributed by atoms with Crippen LogP contribution in [-0.2, 0) is 26.2 Å². The van der Waals surface area contributed by atoms with Gasteiger partial charge in [-0.05, 0) is 6.07 Å². The van der Waals surface area contributed by atoms with Crippen LogP contribution < -0.4 is 29.6 Å². The van der Waals surface area contributed by atoms with Crippen molar-refractivity contribution < 1.29 is 55.8 Å². The second-order valence-corrected chi connectivity index (χ2v) is 4.66. The summed E-state index contributed by atoms with van der Waals surface area (Å²) in [6.07, 6.45) is 10.0. The molecule has 0 spiro atoms. The molecule has 0 unspecified atom stereocenters. The van der Waals surface area contributed by atoms with Gasteiger partial charge in [-0.2, -0.15) is 6.08 Å². The average molecular weight is 422 g/mol. The van der Waals surface area contributed by atoms with Gasteiger partial charge in [0, 0.05) is 0 Å².